The number of fused-ring (bicyclic) bond motifs is 1. The monoisotopic (exact) mass is 409 g/mol. The lowest BCUT2D eigenvalue weighted by molar-refractivity contribution is 0.101. The molecule has 0 saturated carbocycles. The molecule has 30 heavy (non-hydrogen) atoms. The lowest BCUT2D eigenvalue weighted by Gasteiger charge is -2.31. The highest BCUT2D eigenvalue weighted by atomic mass is 16.5. The van der Waals surface area contributed by atoms with Gasteiger partial charge >= 0.3 is 0 Å². The SMILES string of the molecule is COc1cccc(/C=C2\Oc3c(ccc(O)c3CN3CCCC(C)C3)C2=O)c1OC. The van der Waals surface area contributed by atoms with Crippen LogP contribution in [0.3, 0.4) is 0 Å². The van der Waals surface area contributed by atoms with E-state index in [1.54, 1.807) is 38.5 Å². The number of phenols is 1. The van der Waals surface area contributed by atoms with Gasteiger partial charge in [0.05, 0.1) is 25.3 Å². The lowest BCUT2D eigenvalue weighted by atomic mass is 9.99. The number of phenolic OH excluding ortho intramolecular Hbond substituents is 1. The summed E-state index contributed by atoms with van der Waals surface area (Å²) < 4.78 is 16.8. The number of methoxy groups -OCH3 is 2. The van der Waals surface area contributed by atoms with Gasteiger partial charge in [-0.3, -0.25) is 9.69 Å². The Morgan fingerprint density at radius 3 is 2.80 bits per heavy atom. The number of ether oxygens (including phenoxy) is 3. The quantitative estimate of drug-likeness (QED) is 0.745. The highest BCUT2D eigenvalue weighted by Crippen LogP contribution is 2.41. The summed E-state index contributed by atoms with van der Waals surface area (Å²) in [5, 5.41) is 10.5. The van der Waals surface area contributed by atoms with Crippen LogP contribution in [0.5, 0.6) is 23.0 Å². The molecule has 2 aliphatic rings. The van der Waals surface area contributed by atoms with Crippen LogP contribution in [0.15, 0.2) is 36.1 Å². The van der Waals surface area contributed by atoms with Crippen LogP contribution in [0.25, 0.3) is 6.08 Å². The molecule has 0 amide bonds. The van der Waals surface area contributed by atoms with Crippen molar-refractivity contribution in [3.8, 4) is 23.0 Å². The van der Waals surface area contributed by atoms with Crippen LogP contribution < -0.4 is 14.2 Å². The van der Waals surface area contributed by atoms with Gasteiger partial charge in [0.15, 0.2) is 17.3 Å². The fourth-order valence-electron chi connectivity index (χ4n) is 4.27. The van der Waals surface area contributed by atoms with Gasteiger partial charge in [0, 0.05) is 18.7 Å². The fraction of sp³-hybridized carbons (Fsp3) is 0.375. The van der Waals surface area contributed by atoms with Gasteiger partial charge in [0.25, 0.3) is 0 Å². The summed E-state index contributed by atoms with van der Waals surface area (Å²) in [5.74, 6) is 2.33. The molecule has 1 unspecified atom stereocenters. The summed E-state index contributed by atoms with van der Waals surface area (Å²) in [6, 6.07) is 8.66. The molecule has 1 N–H and O–H groups in total. The largest absolute Gasteiger partial charge is 0.507 e. The molecule has 0 aromatic heterocycles. The van der Waals surface area contributed by atoms with E-state index < -0.39 is 0 Å². The number of allylic oxidation sites excluding steroid dienone is 1. The van der Waals surface area contributed by atoms with Gasteiger partial charge in [-0.2, -0.15) is 0 Å². The van der Waals surface area contributed by atoms with E-state index in [0.717, 1.165) is 19.5 Å². The van der Waals surface area contributed by atoms with Crippen LogP contribution >= 0.6 is 0 Å². The first-order valence-electron chi connectivity index (χ1n) is 10.2. The van der Waals surface area contributed by atoms with E-state index in [0.29, 0.717) is 46.4 Å². The maximum absolute atomic E-state index is 13.0. The third-order valence-electron chi connectivity index (χ3n) is 5.76. The van der Waals surface area contributed by atoms with Crippen molar-refractivity contribution in [1.82, 2.24) is 4.90 Å². The Bertz CT molecular complexity index is 997. The normalized spacial score (nSPS) is 20.2. The Kier molecular flexibility index (Phi) is 5.68. The molecular formula is C24H27NO5. The van der Waals surface area contributed by atoms with E-state index in [-0.39, 0.29) is 17.3 Å². The van der Waals surface area contributed by atoms with Gasteiger partial charge in [-0.05, 0) is 49.6 Å². The maximum Gasteiger partial charge on any atom is 0.231 e. The lowest BCUT2D eigenvalue weighted by Crippen LogP contribution is -2.33. The molecule has 1 atom stereocenters. The number of aromatic hydroxyl groups is 1. The third-order valence-corrected chi connectivity index (χ3v) is 5.76. The fourth-order valence-corrected chi connectivity index (χ4v) is 4.27. The molecule has 2 aromatic rings. The minimum Gasteiger partial charge on any atom is -0.507 e. The first-order chi connectivity index (χ1) is 14.5. The first kappa shape index (κ1) is 20.3. The van der Waals surface area contributed by atoms with E-state index in [4.69, 9.17) is 14.2 Å². The molecule has 0 aliphatic carbocycles. The van der Waals surface area contributed by atoms with Gasteiger partial charge in [-0.1, -0.05) is 19.1 Å². The average molecular weight is 409 g/mol. The molecule has 4 rings (SSSR count). The van der Waals surface area contributed by atoms with Crippen molar-refractivity contribution >= 4 is 11.9 Å². The second kappa shape index (κ2) is 8.40. The van der Waals surface area contributed by atoms with Crippen molar-refractivity contribution < 1.29 is 24.1 Å². The van der Waals surface area contributed by atoms with Crippen molar-refractivity contribution in [2.24, 2.45) is 5.92 Å². The Hall–Kier alpha value is -2.99. The summed E-state index contributed by atoms with van der Waals surface area (Å²) >= 11 is 0. The van der Waals surface area contributed by atoms with Crippen LogP contribution in [-0.4, -0.2) is 43.1 Å². The van der Waals surface area contributed by atoms with Crippen LogP contribution in [0.4, 0.5) is 0 Å². The van der Waals surface area contributed by atoms with Gasteiger partial charge in [-0.25, -0.2) is 0 Å². The Balaban J connectivity index is 1.67. The van der Waals surface area contributed by atoms with Crippen molar-refractivity contribution in [2.75, 3.05) is 27.3 Å². The zero-order valence-corrected chi connectivity index (χ0v) is 17.6. The van der Waals surface area contributed by atoms with Crippen molar-refractivity contribution in [2.45, 2.75) is 26.3 Å². The summed E-state index contributed by atoms with van der Waals surface area (Å²) in [6.45, 7) is 4.75. The highest BCUT2D eigenvalue weighted by Gasteiger charge is 2.32. The Labute approximate surface area is 176 Å². The molecule has 2 heterocycles. The van der Waals surface area contributed by atoms with Crippen LogP contribution in [0, 0.1) is 5.92 Å². The number of benzene rings is 2. The number of hydrogen-bond donors (Lipinski definition) is 1. The number of hydrogen-bond acceptors (Lipinski definition) is 6. The van der Waals surface area contributed by atoms with E-state index >= 15 is 0 Å². The molecule has 2 aromatic carbocycles. The molecular weight excluding hydrogens is 382 g/mol. The van der Waals surface area contributed by atoms with E-state index in [1.165, 1.54) is 6.42 Å². The maximum atomic E-state index is 13.0. The van der Waals surface area contributed by atoms with E-state index in [2.05, 4.69) is 11.8 Å². The molecule has 0 radical (unpaired) electrons. The number of piperidine rings is 1. The zero-order chi connectivity index (χ0) is 21.3. The van der Waals surface area contributed by atoms with Crippen molar-refractivity contribution in [1.29, 1.82) is 0 Å². The topological polar surface area (TPSA) is 68.2 Å². The second-order valence-electron chi connectivity index (χ2n) is 7.94. The minimum atomic E-state index is -0.205. The van der Waals surface area contributed by atoms with Gasteiger partial charge in [-0.15, -0.1) is 0 Å². The number of carbonyl (C=O) groups is 1. The summed E-state index contributed by atoms with van der Waals surface area (Å²) in [5.41, 5.74) is 1.82. The van der Waals surface area contributed by atoms with Crippen molar-refractivity contribution in [3.63, 3.8) is 0 Å². The number of nitrogens with zero attached hydrogens (tertiary/aromatic N) is 1. The standard InChI is InChI=1S/C24H27NO5/c1-15-6-5-11-25(13-15)14-18-19(26)10-9-17-22(27)21(30-24(17)18)12-16-7-4-8-20(28-2)23(16)29-3/h4,7-10,12,15,26H,5-6,11,13-14H2,1-3H3/b21-12-. The van der Waals surface area contributed by atoms with Crippen LogP contribution in [0.2, 0.25) is 0 Å². The number of rotatable bonds is 5. The van der Waals surface area contributed by atoms with E-state index in [9.17, 15) is 9.90 Å². The third kappa shape index (κ3) is 3.75. The smallest absolute Gasteiger partial charge is 0.231 e. The molecule has 0 bridgehead atoms. The number of likely N-dealkylation sites (tertiary alicyclic amines) is 1. The molecule has 6 nitrogen and oxygen atoms in total. The predicted molar refractivity (Wildman–Crippen MR) is 114 cm³/mol. The molecule has 1 saturated heterocycles. The van der Waals surface area contributed by atoms with Crippen LogP contribution in [0.1, 0.15) is 41.3 Å². The van der Waals surface area contributed by atoms with Gasteiger partial charge in [0.1, 0.15) is 11.5 Å². The highest BCUT2D eigenvalue weighted by molar-refractivity contribution is 6.15. The van der Waals surface area contributed by atoms with E-state index in [1.807, 2.05) is 12.1 Å². The molecule has 158 valence electrons. The summed E-state index contributed by atoms with van der Waals surface area (Å²) in [4.78, 5) is 15.3. The Morgan fingerprint density at radius 1 is 1.23 bits per heavy atom. The molecule has 2 aliphatic heterocycles. The van der Waals surface area contributed by atoms with Gasteiger partial charge < -0.3 is 19.3 Å². The molecule has 6 heteroatoms. The molecule has 0 spiro atoms. The molecule has 1 fully saturated rings. The number of Topliss-reactive ketones (excluding diaryl/α,β-unsaturated/α-hetero) is 1. The summed E-state index contributed by atoms with van der Waals surface area (Å²) in [6.07, 6.45) is 4.02. The second-order valence-corrected chi connectivity index (χ2v) is 7.94. The van der Waals surface area contributed by atoms with Crippen LogP contribution in [-0.2, 0) is 6.54 Å². The predicted octanol–water partition coefficient (Wildman–Crippen LogP) is 4.26. The van der Waals surface area contributed by atoms with Crippen molar-refractivity contribution in [3.05, 3.63) is 52.8 Å². The number of ketones is 1. The van der Waals surface area contributed by atoms with Gasteiger partial charge in [0.2, 0.25) is 5.78 Å². The number of para-hydroxylation sites is 1. The average Bonchev–Trinajstić information content (AvgIpc) is 3.05. The number of carbonyl (C=O) groups excluding carboxylic acids is 1. The first-order valence-corrected chi connectivity index (χ1v) is 10.2. The zero-order valence-electron chi connectivity index (χ0n) is 17.6. The minimum absolute atomic E-state index is 0.153. The summed E-state index contributed by atoms with van der Waals surface area (Å²) in [7, 11) is 3.13. The Morgan fingerprint density at radius 2 is 2.07 bits per heavy atom.